The Balaban J connectivity index is 2.85. The van der Waals surface area contributed by atoms with Crippen LogP contribution in [0.3, 0.4) is 0 Å². The maximum Gasteiger partial charge on any atom is 0.186 e. The zero-order chi connectivity index (χ0) is 9.84. The molecule has 0 spiro atoms. The van der Waals surface area contributed by atoms with Crippen LogP contribution in [0.4, 0.5) is 4.39 Å². The minimum atomic E-state index is -0.276. The van der Waals surface area contributed by atoms with Crippen LogP contribution in [-0.2, 0) is 0 Å². The summed E-state index contributed by atoms with van der Waals surface area (Å²) in [5, 5.41) is 9.34. The third-order valence-electron chi connectivity index (χ3n) is 1.62. The predicted molar refractivity (Wildman–Crippen MR) is 50.7 cm³/mol. The van der Waals surface area contributed by atoms with Crippen molar-refractivity contribution >= 4 is 6.08 Å². The minimum absolute atomic E-state index is 0.145. The topological polar surface area (TPSA) is 23.5 Å². The summed E-state index contributed by atoms with van der Waals surface area (Å²) in [4.78, 5) is 1.57. The van der Waals surface area contributed by atoms with Gasteiger partial charge in [0.25, 0.3) is 0 Å². The minimum Gasteiger partial charge on any atom is -0.495 e. The average Bonchev–Trinajstić information content (AvgIpc) is 2.08. The van der Waals surface area contributed by atoms with Crippen LogP contribution in [0.1, 0.15) is 5.56 Å². The van der Waals surface area contributed by atoms with E-state index in [1.165, 1.54) is 12.1 Å². The summed E-state index contributed by atoms with van der Waals surface area (Å²) in [5.74, 6) is -0.131. The maximum atomic E-state index is 12.5. The fourth-order valence-corrected chi connectivity index (χ4v) is 0.837. The van der Waals surface area contributed by atoms with Gasteiger partial charge in [0.2, 0.25) is 0 Å². The molecule has 1 aromatic carbocycles. The quantitative estimate of drug-likeness (QED) is 0.707. The Morgan fingerprint density at radius 3 is 2.31 bits per heavy atom. The molecule has 1 N–H and O–H groups in total. The van der Waals surface area contributed by atoms with E-state index in [4.69, 9.17) is 0 Å². The molecule has 0 aliphatic heterocycles. The van der Waals surface area contributed by atoms with E-state index in [-0.39, 0.29) is 11.7 Å². The van der Waals surface area contributed by atoms with Crippen LogP contribution in [0.5, 0.6) is 0 Å². The van der Waals surface area contributed by atoms with Crippen LogP contribution < -0.4 is 0 Å². The van der Waals surface area contributed by atoms with Crippen LogP contribution in [-0.4, -0.2) is 24.1 Å². The first-order valence-corrected chi connectivity index (χ1v) is 3.93. The molecule has 0 saturated heterocycles. The van der Waals surface area contributed by atoms with Gasteiger partial charge in [-0.3, -0.25) is 0 Å². The summed E-state index contributed by atoms with van der Waals surface area (Å²) < 4.78 is 12.5. The molecule has 2 nitrogen and oxygen atoms in total. The Kier molecular flexibility index (Phi) is 2.90. The molecule has 1 aromatic rings. The molecular formula is C10H12FNO. The van der Waals surface area contributed by atoms with Gasteiger partial charge in [-0.1, -0.05) is 12.1 Å². The number of benzene rings is 1. The van der Waals surface area contributed by atoms with E-state index < -0.39 is 0 Å². The Bertz CT molecular complexity index is 303. The molecule has 13 heavy (non-hydrogen) atoms. The first-order valence-electron chi connectivity index (χ1n) is 3.93. The summed E-state index contributed by atoms with van der Waals surface area (Å²) in [7, 11) is 3.46. The maximum absolute atomic E-state index is 12.5. The standard InChI is InChI=1S/C10H12FNO/c1-12(2)10(13)7-8-3-5-9(11)6-4-8/h3-7,13H,1-2H3/b10-7-. The monoisotopic (exact) mass is 181 g/mol. The Morgan fingerprint density at radius 2 is 1.85 bits per heavy atom. The predicted octanol–water partition coefficient (Wildman–Crippen LogP) is 2.24. The number of aliphatic hydroxyl groups excluding tert-OH is 1. The summed E-state index contributed by atoms with van der Waals surface area (Å²) in [5.41, 5.74) is 0.771. The summed E-state index contributed by atoms with van der Waals surface area (Å²) in [6.45, 7) is 0. The molecular weight excluding hydrogens is 169 g/mol. The van der Waals surface area contributed by atoms with Gasteiger partial charge in [0.1, 0.15) is 5.82 Å². The number of aliphatic hydroxyl groups is 1. The zero-order valence-electron chi connectivity index (χ0n) is 7.66. The molecule has 0 aliphatic carbocycles. The van der Waals surface area contributed by atoms with Crippen molar-refractivity contribution in [1.29, 1.82) is 0 Å². The van der Waals surface area contributed by atoms with Crippen molar-refractivity contribution in [3.63, 3.8) is 0 Å². The molecule has 0 saturated carbocycles. The van der Waals surface area contributed by atoms with Crippen molar-refractivity contribution in [3.8, 4) is 0 Å². The summed E-state index contributed by atoms with van der Waals surface area (Å²) in [6, 6.07) is 5.92. The van der Waals surface area contributed by atoms with Gasteiger partial charge in [0, 0.05) is 20.2 Å². The first kappa shape index (κ1) is 9.58. The lowest BCUT2D eigenvalue weighted by Gasteiger charge is -2.09. The van der Waals surface area contributed by atoms with Crippen LogP contribution in [0.2, 0.25) is 0 Å². The van der Waals surface area contributed by atoms with E-state index in [0.29, 0.717) is 0 Å². The molecule has 0 radical (unpaired) electrons. The fraction of sp³-hybridized carbons (Fsp3) is 0.200. The van der Waals surface area contributed by atoms with Crippen LogP contribution in [0.25, 0.3) is 6.08 Å². The van der Waals surface area contributed by atoms with Crippen molar-refractivity contribution in [2.75, 3.05) is 14.1 Å². The Morgan fingerprint density at radius 1 is 1.31 bits per heavy atom. The summed E-state index contributed by atoms with van der Waals surface area (Å²) in [6.07, 6.45) is 1.57. The van der Waals surface area contributed by atoms with E-state index in [1.54, 1.807) is 37.2 Å². The molecule has 0 heterocycles. The van der Waals surface area contributed by atoms with Crippen molar-refractivity contribution in [1.82, 2.24) is 4.90 Å². The highest BCUT2D eigenvalue weighted by Crippen LogP contribution is 2.07. The molecule has 0 atom stereocenters. The lowest BCUT2D eigenvalue weighted by Crippen LogP contribution is -2.09. The third kappa shape index (κ3) is 2.78. The van der Waals surface area contributed by atoms with Gasteiger partial charge >= 0.3 is 0 Å². The second-order valence-corrected chi connectivity index (χ2v) is 2.95. The van der Waals surface area contributed by atoms with E-state index in [0.717, 1.165) is 5.56 Å². The number of rotatable bonds is 2. The molecule has 0 amide bonds. The van der Waals surface area contributed by atoms with Gasteiger partial charge in [0.05, 0.1) is 0 Å². The van der Waals surface area contributed by atoms with Crippen LogP contribution >= 0.6 is 0 Å². The van der Waals surface area contributed by atoms with Crippen molar-refractivity contribution < 1.29 is 9.50 Å². The van der Waals surface area contributed by atoms with E-state index in [9.17, 15) is 9.50 Å². The Hall–Kier alpha value is -1.51. The van der Waals surface area contributed by atoms with Gasteiger partial charge in [-0.05, 0) is 17.7 Å². The molecule has 0 unspecified atom stereocenters. The zero-order valence-corrected chi connectivity index (χ0v) is 7.66. The second-order valence-electron chi connectivity index (χ2n) is 2.95. The number of nitrogens with zero attached hydrogens (tertiary/aromatic N) is 1. The highest BCUT2D eigenvalue weighted by atomic mass is 19.1. The van der Waals surface area contributed by atoms with E-state index in [1.807, 2.05) is 0 Å². The van der Waals surface area contributed by atoms with Crippen molar-refractivity contribution in [2.24, 2.45) is 0 Å². The third-order valence-corrected chi connectivity index (χ3v) is 1.62. The molecule has 0 aromatic heterocycles. The Labute approximate surface area is 76.9 Å². The molecule has 0 fully saturated rings. The normalized spacial score (nSPS) is 11.5. The number of hydrogen-bond acceptors (Lipinski definition) is 2. The second kappa shape index (κ2) is 3.94. The first-order chi connectivity index (χ1) is 6.09. The largest absolute Gasteiger partial charge is 0.495 e. The molecule has 0 aliphatic rings. The van der Waals surface area contributed by atoms with Crippen molar-refractivity contribution in [2.45, 2.75) is 0 Å². The van der Waals surface area contributed by atoms with Gasteiger partial charge < -0.3 is 10.0 Å². The van der Waals surface area contributed by atoms with Gasteiger partial charge in [0.15, 0.2) is 5.88 Å². The van der Waals surface area contributed by atoms with Crippen LogP contribution in [0.15, 0.2) is 30.1 Å². The van der Waals surface area contributed by atoms with E-state index in [2.05, 4.69) is 0 Å². The number of hydrogen-bond donors (Lipinski definition) is 1. The molecule has 3 heteroatoms. The lowest BCUT2D eigenvalue weighted by molar-refractivity contribution is 0.269. The van der Waals surface area contributed by atoms with Crippen molar-refractivity contribution in [3.05, 3.63) is 41.5 Å². The average molecular weight is 181 g/mol. The summed E-state index contributed by atoms with van der Waals surface area (Å²) >= 11 is 0. The molecule has 1 rings (SSSR count). The molecule has 70 valence electrons. The molecule has 0 bridgehead atoms. The fourth-order valence-electron chi connectivity index (χ4n) is 0.837. The van der Waals surface area contributed by atoms with Gasteiger partial charge in [-0.25, -0.2) is 4.39 Å². The highest BCUT2D eigenvalue weighted by molar-refractivity contribution is 5.50. The van der Waals surface area contributed by atoms with Crippen LogP contribution in [0, 0.1) is 5.82 Å². The lowest BCUT2D eigenvalue weighted by atomic mass is 10.2. The highest BCUT2D eigenvalue weighted by Gasteiger charge is 1.95. The van der Waals surface area contributed by atoms with Gasteiger partial charge in [-0.15, -0.1) is 0 Å². The smallest absolute Gasteiger partial charge is 0.186 e. The van der Waals surface area contributed by atoms with E-state index >= 15 is 0 Å². The SMILES string of the molecule is CN(C)/C(O)=C/c1ccc(F)cc1. The number of halogens is 1. The van der Waals surface area contributed by atoms with Gasteiger partial charge in [-0.2, -0.15) is 0 Å².